The van der Waals surface area contributed by atoms with Gasteiger partial charge in [0.1, 0.15) is 0 Å². The molecule has 2 N–H and O–H groups in total. The molecule has 0 aliphatic rings. The number of unbranched alkanes of at least 4 members (excludes halogenated alkanes) is 6. The van der Waals surface area contributed by atoms with E-state index in [0.717, 1.165) is 19.8 Å². The second kappa shape index (κ2) is 11.9. The summed E-state index contributed by atoms with van der Waals surface area (Å²) in [5, 5.41) is 0. The minimum absolute atomic E-state index is 0.852. The van der Waals surface area contributed by atoms with Crippen molar-refractivity contribution >= 4 is 0 Å². The average Bonchev–Trinajstić information content (AvgIpc) is 2.16. The van der Waals surface area contributed by atoms with Crippen LogP contribution in [0.1, 0.15) is 51.9 Å². The molecule has 0 aliphatic heterocycles. The van der Waals surface area contributed by atoms with Crippen molar-refractivity contribution in [1.82, 2.24) is 0 Å². The van der Waals surface area contributed by atoms with Crippen molar-refractivity contribution in [1.29, 1.82) is 0 Å². The summed E-state index contributed by atoms with van der Waals surface area (Å²) in [4.78, 5) is 0. The Kier molecular flexibility index (Phi) is 11.8. The van der Waals surface area contributed by atoms with Crippen molar-refractivity contribution in [2.45, 2.75) is 51.9 Å². The van der Waals surface area contributed by atoms with Crippen molar-refractivity contribution < 1.29 is 4.74 Å². The Morgan fingerprint density at radius 2 is 1.38 bits per heavy atom. The fourth-order valence-electron chi connectivity index (χ4n) is 1.38. The van der Waals surface area contributed by atoms with Crippen LogP contribution in [0.3, 0.4) is 0 Å². The maximum atomic E-state index is 5.41. The van der Waals surface area contributed by atoms with Crippen LogP contribution in [-0.2, 0) is 4.74 Å². The van der Waals surface area contributed by atoms with Gasteiger partial charge in [-0.1, -0.05) is 32.1 Å². The van der Waals surface area contributed by atoms with E-state index >= 15 is 0 Å². The molecule has 0 aromatic heterocycles. The Hall–Kier alpha value is -0.0800. The number of nitrogens with two attached hydrogens (primary N) is 1. The molecule has 2 nitrogen and oxygen atoms in total. The van der Waals surface area contributed by atoms with E-state index in [-0.39, 0.29) is 0 Å². The predicted molar refractivity (Wildman–Crippen MR) is 57.9 cm³/mol. The topological polar surface area (TPSA) is 35.2 Å². The van der Waals surface area contributed by atoms with Crippen LogP contribution in [0.15, 0.2) is 0 Å². The summed E-state index contributed by atoms with van der Waals surface area (Å²) >= 11 is 0. The molecule has 0 bridgehead atoms. The molecule has 0 unspecified atom stereocenters. The van der Waals surface area contributed by atoms with Crippen LogP contribution in [0.2, 0.25) is 0 Å². The van der Waals surface area contributed by atoms with Gasteiger partial charge in [-0.3, -0.25) is 0 Å². The van der Waals surface area contributed by atoms with Gasteiger partial charge in [0.05, 0.1) is 0 Å². The number of hydrogen-bond donors (Lipinski definition) is 1. The lowest BCUT2D eigenvalue weighted by Gasteiger charge is -2.01. The maximum Gasteiger partial charge on any atom is 0.0465 e. The van der Waals surface area contributed by atoms with Crippen molar-refractivity contribution in [2.75, 3.05) is 19.8 Å². The van der Waals surface area contributed by atoms with Gasteiger partial charge in [-0.25, -0.2) is 0 Å². The highest BCUT2D eigenvalue weighted by molar-refractivity contribution is 4.46. The van der Waals surface area contributed by atoms with Gasteiger partial charge in [-0.15, -0.1) is 0 Å². The molecule has 0 saturated carbocycles. The zero-order chi connectivity index (χ0) is 9.78. The van der Waals surface area contributed by atoms with Gasteiger partial charge in [0.2, 0.25) is 0 Å². The van der Waals surface area contributed by atoms with E-state index < -0.39 is 0 Å². The molecular formula is C11H25NO. The zero-order valence-corrected chi connectivity index (χ0v) is 9.06. The summed E-state index contributed by atoms with van der Waals surface area (Å²) < 4.78 is 5.26. The third kappa shape index (κ3) is 11.9. The highest BCUT2D eigenvalue weighted by Gasteiger charge is 1.90. The van der Waals surface area contributed by atoms with Crippen LogP contribution >= 0.6 is 0 Å². The fraction of sp³-hybridized carbons (Fsp3) is 1.00. The lowest BCUT2D eigenvalue weighted by molar-refractivity contribution is 0.143. The first-order chi connectivity index (χ1) is 6.41. The molecule has 0 fully saturated rings. The highest BCUT2D eigenvalue weighted by Crippen LogP contribution is 2.06. The van der Waals surface area contributed by atoms with E-state index in [4.69, 9.17) is 10.5 Å². The smallest absolute Gasteiger partial charge is 0.0465 e. The summed E-state index contributed by atoms with van der Waals surface area (Å²) in [6.45, 7) is 4.70. The first-order valence-corrected chi connectivity index (χ1v) is 5.69. The predicted octanol–water partition coefficient (Wildman–Crippen LogP) is 2.71. The monoisotopic (exact) mass is 187 g/mol. The summed E-state index contributed by atoms with van der Waals surface area (Å²) in [6, 6.07) is 0. The molecule has 0 radical (unpaired) electrons. The number of hydrogen-bond acceptors (Lipinski definition) is 2. The van der Waals surface area contributed by atoms with E-state index in [1.54, 1.807) is 0 Å². The fourth-order valence-corrected chi connectivity index (χ4v) is 1.38. The van der Waals surface area contributed by atoms with Crippen LogP contribution in [0.5, 0.6) is 0 Å². The molecule has 0 aliphatic carbocycles. The van der Waals surface area contributed by atoms with Gasteiger partial charge in [-0.05, 0) is 26.3 Å². The molecule has 2 heteroatoms. The van der Waals surface area contributed by atoms with E-state index in [1.807, 2.05) is 6.92 Å². The molecule has 0 aromatic carbocycles. The quantitative estimate of drug-likeness (QED) is 0.534. The van der Waals surface area contributed by atoms with Gasteiger partial charge in [0.25, 0.3) is 0 Å². The number of rotatable bonds is 10. The normalized spacial score (nSPS) is 10.6. The van der Waals surface area contributed by atoms with Gasteiger partial charge in [-0.2, -0.15) is 0 Å². The molecule has 0 aromatic rings. The molecule has 0 heterocycles. The summed E-state index contributed by atoms with van der Waals surface area (Å²) in [5.41, 5.74) is 5.41. The Morgan fingerprint density at radius 1 is 0.846 bits per heavy atom. The van der Waals surface area contributed by atoms with Gasteiger partial charge in [0.15, 0.2) is 0 Å². The van der Waals surface area contributed by atoms with Crippen LogP contribution in [0.4, 0.5) is 0 Å². The first kappa shape index (κ1) is 12.9. The van der Waals surface area contributed by atoms with Gasteiger partial charge < -0.3 is 10.5 Å². The van der Waals surface area contributed by atoms with Crippen molar-refractivity contribution in [2.24, 2.45) is 5.73 Å². The SMILES string of the molecule is CCOCCCCCCCCCN. The molecule has 0 rings (SSSR count). The Balaban J connectivity index is 2.76. The maximum absolute atomic E-state index is 5.41. The molecule has 13 heavy (non-hydrogen) atoms. The molecule has 80 valence electrons. The number of ether oxygens (including phenoxy) is 1. The van der Waals surface area contributed by atoms with Crippen molar-refractivity contribution in [3.63, 3.8) is 0 Å². The van der Waals surface area contributed by atoms with E-state index in [1.165, 1.54) is 44.9 Å². The van der Waals surface area contributed by atoms with E-state index in [2.05, 4.69) is 0 Å². The van der Waals surface area contributed by atoms with E-state index in [0.29, 0.717) is 0 Å². The minimum Gasteiger partial charge on any atom is -0.382 e. The van der Waals surface area contributed by atoms with E-state index in [9.17, 15) is 0 Å². The third-order valence-corrected chi connectivity index (χ3v) is 2.20. The summed E-state index contributed by atoms with van der Waals surface area (Å²) in [5.74, 6) is 0. The summed E-state index contributed by atoms with van der Waals surface area (Å²) in [7, 11) is 0. The average molecular weight is 187 g/mol. The second-order valence-corrected chi connectivity index (χ2v) is 3.46. The second-order valence-electron chi connectivity index (χ2n) is 3.46. The van der Waals surface area contributed by atoms with Crippen LogP contribution in [0, 0.1) is 0 Å². The molecular weight excluding hydrogens is 162 g/mol. The Bertz CT molecular complexity index is 76.2. The Labute approximate surface area is 82.8 Å². The summed E-state index contributed by atoms with van der Waals surface area (Å²) in [6.07, 6.45) is 9.13. The lowest BCUT2D eigenvalue weighted by Crippen LogP contribution is -1.97. The van der Waals surface area contributed by atoms with Crippen LogP contribution < -0.4 is 5.73 Å². The standard InChI is InChI=1S/C11H25NO/c1-2-13-11-9-7-5-3-4-6-8-10-12/h2-12H2,1H3. The molecule has 0 saturated heterocycles. The highest BCUT2D eigenvalue weighted by atomic mass is 16.5. The third-order valence-electron chi connectivity index (χ3n) is 2.20. The van der Waals surface area contributed by atoms with Crippen LogP contribution in [-0.4, -0.2) is 19.8 Å². The Morgan fingerprint density at radius 3 is 1.92 bits per heavy atom. The van der Waals surface area contributed by atoms with Crippen molar-refractivity contribution in [3.05, 3.63) is 0 Å². The van der Waals surface area contributed by atoms with Crippen LogP contribution in [0.25, 0.3) is 0 Å². The zero-order valence-electron chi connectivity index (χ0n) is 9.06. The lowest BCUT2D eigenvalue weighted by atomic mass is 10.1. The molecule has 0 spiro atoms. The molecule has 0 atom stereocenters. The minimum atomic E-state index is 0.852. The van der Waals surface area contributed by atoms with Gasteiger partial charge in [0, 0.05) is 13.2 Å². The molecule has 0 amide bonds. The van der Waals surface area contributed by atoms with Gasteiger partial charge >= 0.3 is 0 Å². The largest absolute Gasteiger partial charge is 0.382 e. The first-order valence-electron chi connectivity index (χ1n) is 5.69. The van der Waals surface area contributed by atoms with Crippen molar-refractivity contribution in [3.8, 4) is 0 Å².